The summed E-state index contributed by atoms with van der Waals surface area (Å²) in [6.07, 6.45) is 1.94. The predicted molar refractivity (Wildman–Crippen MR) is 82.7 cm³/mol. The zero-order valence-electron chi connectivity index (χ0n) is 11.3. The molecule has 2 aromatic rings. The van der Waals surface area contributed by atoms with Crippen LogP contribution in [0.4, 0.5) is 10.3 Å². The van der Waals surface area contributed by atoms with E-state index in [1.54, 1.807) is 5.38 Å². The number of carboxylic acids is 1. The number of thiazole rings is 2. The minimum atomic E-state index is -1.38. The number of carbonyl (C=O) groups is 3. The molecule has 0 aliphatic heterocycles. The number of amides is 2. The molecule has 2 heterocycles. The smallest absolute Gasteiger partial charge is 0.360 e. The van der Waals surface area contributed by atoms with Crippen molar-refractivity contribution in [2.75, 3.05) is 17.2 Å². The molecule has 0 bridgehead atoms. The summed E-state index contributed by atoms with van der Waals surface area (Å²) in [7, 11) is 0. The highest BCUT2D eigenvalue weighted by molar-refractivity contribution is 7.14. The molecule has 0 unspecified atom stereocenters. The molecule has 0 aliphatic carbocycles. The summed E-state index contributed by atoms with van der Waals surface area (Å²) in [5.74, 6) is -1.91. The van der Waals surface area contributed by atoms with Gasteiger partial charge in [-0.3, -0.25) is 14.9 Å². The maximum Gasteiger partial charge on any atom is 0.360 e. The first-order chi connectivity index (χ1) is 11.1. The fourth-order valence-electron chi connectivity index (χ4n) is 1.29. The Hall–Kier alpha value is -2.86. The maximum atomic E-state index is 11.5. The lowest BCUT2D eigenvalue weighted by molar-refractivity contribution is -0.130. The summed E-state index contributed by atoms with van der Waals surface area (Å²) in [5, 5.41) is 20.9. The van der Waals surface area contributed by atoms with Crippen LogP contribution in [0, 0.1) is 0 Å². The molecule has 2 rings (SSSR count). The molecule has 2 amide bonds. The summed E-state index contributed by atoms with van der Waals surface area (Å²) < 4.78 is 0. The largest absolute Gasteiger partial charge is 0.476 e. The summed E-state index contributed by atoms with van der Waals surface area (Å²) in [6, 6.07) is 0. The van der Waals surface area contributed by atoms with Crippen molar-refractivity contribution in [3.05, 3.63) is 22.7 Å². The van der Waals surface area contributed by atoms with Crippen molar-refractivity contribution in [3.63, 3.8) is 0 Å². The third kappa shape index (κ3) is 4.82. The number of nitrogens with one attached hydrogen (secondary N) is 2. The van der Waals surface area contributed by atoms with Crippen LogP contribution in [-0.4, -0.2) is 45.7 Å². The molecule has 120 valence electrons. The van der Waals surface area contributed by atoms with Crippen molar-refractivity contribution in [3.8, 4) is 0 Å². The van der Waals surface area contributed by atoms with Gasteiger partial charge in [0.2, 0.25) is 12.1 Å². The van der Waals surface area contributed by atoms with E-state index in [9.17, 15) is 14.4 Å². The van der Waals surface area contributed by atoms with Gasteiger partial charge in [0.05, 0.1) is 0 Å². The molecule has 2 aromatic heterocycles. The van der Waals surface area contributed by atoms with Crippen LogP contribution >= 0.6 is 22.7 Å². The number of aliphatic carboxylic acids is 1. The van der Waals surface area contributed by atoms with Crippen LogP contribution in [0.15, 0.2) is 22.1 Å². The number of nitrogens with zero attached hydrogens (tertiary/aromatic N) is 3. The van der Waals surface area contributed by atoms with Gasteiger partial charge in [0, 0.05) is 17.0 Å². The van der Waals surface area contributed by atoms with Crippen molar-refractivity contribution in [1.29, 1.82) is 0 Å². The Morgan fingerprint density at radius 2 is 2.22 bits per heavy atom. The number of oxime groups is 1. The molecular weight excluding hydrogens is 346 g/mol. The number of anilines is 2. The summed E-state index contributed by atoms with van der Waals surface area (Å²) in [5.41, 5.74) is -0.477. The SMILES string of the molecule is O=CNc1nc(C(=NOCC(=O)Nc2nccs2)C(=O)O)cs1. The van der Waals surface area contributed by atoms with E-state index < -0.39 is 24.2 Å². The van der Waals surface area contributed by atoms with E-state index in [0.717, 1.165) is 11.3 Å². The van der Waals surface area contributed by atoms with Crippen molar-refractivity contribution in [2.45, 2.75) is 0 Å². The van der Waals surface area contributed by atoms with Crippen molar-refractivity contribution in [1.82, 2.24) is 9.97 Å². The molecule has 3 N–H and O–H groups in total. The van der Waals surface area contributed by atoms with Gasteiger partial charge >= 0.3 is 5.97 Å². The molecule has 23 heavy (non-hydrogen) atoms. The normalized spacial score (nSPS) is 10.9. The van der Waals surface area contributed by atoms with Crippen LogP contribution in [0.1, 0.15) is 5.69 Å². The summed E-state index contributed by atoms with van der Waals surface area (Å²) >= 11 is 2.25. The molecule has 0 saturated heterocycles. The highest BCUT2D eigenvalue weighted by atomic mass is 32.1. The highest BCUT2D eigenvalue weighted by Crippen LogP contribution is 2.15. The van der Waals surface area contributed by atoms with Gasteiger partial charge < -0.3 is 15.3 Å². The van der Waals surface area contributed by atoms with E-state index >= 15 is 0 Å². The monoisotopic (exact) mass is 355 g/mol. The van der Waals surface area contributed by atoms with Gasteiger partial charge in [0.25, 0.3) is 5.91 Å². The molecule has 0 fully saturated rings. The number of aromatic nitrogens is 2. The van der Waals surface area contributed by atoms with E-state index in [1.807, 2.05) is 0 Å². The number of hydrogen-bond donors (Lipinski definition) is 3. The Labute approximate surface area is 136 Å². The Kier molecular flexibility index (Phi) is 5.71. The molecule has 0 radical (unpaired) electrons. The van der Waals surface area contributed by atoms with Gasteiger partial charge in [-0.15, -0.1) is 22.7 Å². The van der Waals surface area contributed by atoms with Crippen molar-refractivity contribution >= 4 is 56.9 Å². The van der Waals surface area contributed by atoms with Gasteiger partial charge in [0.1, 0.15) is 5.69 Å². The maximum absolute atomic E-state index is 11.5. The Morgan fingerprint density at radius 3 is 2.87 bits per heavy atom. The Bertz CT molecular complexity index is 727. The second-order valence-electron chi connectivity index (χ2n) is 3.70. The lowest BCUT2D eigenvalue weighted by Crippen LogP contribution is -2.19. The topological polar surface area (TPSA) is 143 Å². The zero-order chi connectivity index (χ0) is 16.7. The second kappa shape index (κ2) is 7.95. The lowest BCUT2D eigenvalue weighted by Gasteiger charge is -2.01. The van der Waals surface area contributed by atoms with Crippen LogP contribution in [0.5, 0.6) is 0 Å². The second-order valence-corrected chi connectivity index (χ2v) is 5.46. The summed E-state index contributed by atoms with van der Waals surface area (Å²) in [4.78, 5) is 45.4. The molecule has 10 nitrogen and oxygen atoms in total. The van der Waals surface area contributed by atoms with Crippen LogP contribution in [-0.2, 0) is 19.2 Å². The van der Waals surface area contributed by atoms with E-state index in [1.165, 1.54) is 22.9 Å². The zero-order valence-corrected chi connectivity index (χ0v) is 12.9. The van der Waals surface area contributed by atoms with Gasteiger partial charge in [-0.25, -0.2) is 14.8 Å². The Balaban J connectivity index is 1.97. The van der Waals surface area contributed by atoms with Gasteiger partial charge in [0.15, 0.2) is 16.9 Å². The van der Waals surface area contributed by atoms with Crippen LogP contribution in [0.2, 0.25) is 0 Å². The molecule has 0 saturated carbocycles. The Morgan fingerprint density at radius 1 is 1.39 bits per heavy atom. The van der Waals surface area contributed by atoms with E-state index in [2.05, 4.69) is 25.8 Å². The van der Waals surface area contributed by atoms with E-state index in [0.29, 0.717) is 11.5 Å². The van der Waals surface area contributed by atoms with Gasteiger partial charge in [-0.05, 0) is 0 Å². The molecule has 0 spiro atoms. The van der Waals surface area contributed by atoms with Gasteiger partial charge in [-0.1, -0.05) is 5.16 Å². The first kappa shape index (κ1) is 16.5. The predicted octanol–water partition coefficient (Wildman–Crippen LogP) is 0.612. The number of rotatable bonds is 8. The minimum Gasteiger partial charge on any atom is -0.476 e. The first-order valence-corrected chi connectivity index (χ1v) is 7.64. The fraction of sp³-hybridized carbons (Fsp3) is 0.0909. The van der Waals surface area contributed by atoms with E-state index in [4.69, 9.17) is 9.94 Å². The number of carboxylic acid groups (broad SMARTS) is 1. The fourth-order valence-corrected chi connectivity index (χ4v) is 2.49. The molecular formula is C11H9N5O5S2. The van der Waals surface area contributed by atoms with Crippen molar-refractivity contribution in [2.24, 2.45) is 5.16 Å². The minimum absolute atomic E-state index is 0.00665. The third-order valence-electron chi connectivity index (χ3n) is 2.16. The highest BCUT2D eigenvalue weighted by Gasteiger charge is 2.18. The first-order valence-electron chi connectivity index (χ1n) is 5.89. The molecule has 0 aromatic carbocycles. The quantitative estimate of drug-likeness (QED) is 0.357. The average molecular weight is 355 g/mol. The molecule has 0 aliphatic rings. The van der Waals surface area contributed by atoms with Crippen molar-refractivity contribution < 1.29 is 24.3 Å². The number of hydrogen-bond acceptors (Lipinski definition) is 9. The van der Waals surface area contributed by atoms with E-state index in [-0.39, 0.29) is 10.8 Å². The van der Waals surface area contributed by atoms with Crippen LogP contribution in [0.3, 0.4) is 0 Å². The number of carbonyl (C=O) groups excluding carboxylic acids is 2. The third-order valence-corrected chi connectivity index (χ3v) is 3.62. The molecule has 12 heteroatoms. The molecule has 0 atom stereocenters. The summed E-state index contributed by atoms with van der Waals surface area (Å²) in [6.45, 7) is -0.486. The lowest BCUT2D eigenvalue weighted by atomic mass is 10.3. The average Bonchev–Trinajstić information content (AvgIpc) is 3.15. The standard InChI is InChI=1S/C11H9N5O5S2/c17-5-13-11-14-6(4-23-11)8(9(19)20)16-21-3-7(18)15-10-12-1-2-22-10/h1-2,4-5H,3H2,(H,19,20)(H,12,15,18)(H,13,14,17). The van der Waals surface area contributed by atoms with Crippen LogP contribution < -0.4 is 10.6 Å². The van der Waals surface area contributed by atoms with Crippen LogP contribution in [0.25, 0.3) is 0 Å². The van der Waals surface area contributed by atoms with Gasteiger partial charge in [-0.2, -0.15) is 0 Å².